The summed E-state index contributed by atoms with van der Waals surface area (Å²) in [7, 11) is 0. The van der Waals surface area contributed by atoms with Crippen molar-refractivity contribution in [2.45, 2.75) is 56.5 Å². The number of hydrogen-bond acceptors (Lipinski definition) is 2. The van der Waals surface area contributed by atoms with E-state index in [4.69, 9.17) is 0 Å². The van der Waals surface area contributed by atoms with E-state index in [9.17, 15) is 0 Å². The summed E-state index contributed by atoms with van der Waals surface area (Å²) in [5.74, 6) is 0. The molecule has 2 atom stereocenters. The average molecular weight is 192 g/mol. The van der Waals surface area contributed by atoms with E-state index in [1.807, 2.05) is 0 Å². The van der Waals surface area contributed by atoms with Crippen LogP contribution in [0.3, 0.4) is 0 Å². The molecule has 0 aromatic heterocycles. The van der Waals surface area contributed by atoms with Crippen LogP contribution < -0.4 is 0 Å². The van der Waals surface area contributed by atoms with Crippen LogP contribution in [0.5, 0.6) is 0 Å². The molecule has 0 amide bonds. The number of thiol groups is 2. The maximum absolute atomic E-state index is 4.50. The second kappa shape index (κ2) is 7.35. The van der Waals surface area contributed by atoms with E-state index >= 15 is 0 Å². The van der Waals surface area contributed by atoms with Crippen LogP contribution in [0, 0.1) is 0 Å². The SMILES string of the molecule is CCCCC(S)CCC(C)S. The number of hydrogen-bond donors (Lipinski definition) is 2. The first-order chi connectivity index (χ1) is 5.16. The van der Waals surface area contributed by atoms with Gasteiger partial charge in [0.05, 0.1) is 0 Å². The second-order valence-corrected chi connectivity index (χ2v) is 4.83. The van der Waals surface area contributed by atoms with Crippen LogP contribution in [0.25, 0.3) is 0 Å². The summed E-state index contributed by atoms with van der Waals surface area (Å²) in [6.45, 7) is 4.37. The van der Waals surface area contributed by atoms with Gasteiger partial charge in [0.1, 0.15) is 0 Å². The molecule has 2 heteroatoms. The van der Waals surface area contributed by atoms with Gasteiger partial charge in [-0.2, -0.15) is 25.3 Å². The van der Waals surface area contributed by atoms with Crippen LogP contribution in [0.15, 0.2) is 0 Å². The Labute approximate surface area is 82.0 Å². The van der Waals surface area contributed by atoms with Gasteiger partial charge in [0.15, 0.2) is 0 Å². The summed E-state index contributed by atoms with van der Waals surface area (Å²) in [6.07, 6.45) is 6.28. The zero-order valence-electron chi connectivity index (χ0n) is 7.58. The van der Waals surface area contributed by atoms with Crippen molar-refractivity contribution < 1.29 is 0 Å². The maximum atomic E-state index is 4.50. The first-order valence-electron chi connectivity index (χ1n) is 4.53. The molecular formula is C9H20S2. The molecule has 0 aromatic carbocycles. The highest BCUT2D eigenvalue weighted by molar-refractivity contribution is 7.81. The van der Waals surface area contributed by atoms with Gasteiger partial charge in [0, 0.05) is 5.25 Å². The Kier molecular flexibility index (Phi) is 7.82. The highest BCUT2D eigenvalue weighted by Gasteiger charge is 2.03. The smallest absolute Gasteiger partial charge is 0.00172 e. The van der Waals surface area contributed by atoms with Crippen LogP contribution in [-0.2, 0) is 0 Å². The van der Waals surface area contributed by atoms with Crippen molar-refractivity contribution in [1.82, 2.24) is 0 Å². The highest BCUT2D eigenvalue weighted by atomic mass is 32.1. The molecular weight excluding hydrogens is 172 g/mol. The predicted molar refractivity (Wildman–Crippen MR) is 60.0 cm³/mol. The lowest BCUT2D eigenvalue weighted by Gasteiger charge is -2.10. The van der Waals surface area contributed by atoms with E-state index in [-0.39, 0.29) is 0 Å². The molecule has 68 valence electrons. The zero-order valence-corrected chi connectivity index (χ0v) is 9.37. The molecule has 0 N–H and O–H groups in total. The van der Waals surface area contributed by atoms with Crippen molar-refractivity contribution >= 4 is 25.3 Å². The van der Waals surface area contributed by atoms with E-state index in [0.29, 0.717) is 10.5 Å². The summed E-state index contributed by atoms with van der Waals surface area (Å²) in [5, 5.41) is 1.14. The molecule has 0 spiro atoms. The summed E-state index contributed by atoms with van der Waals surface area (Å²) in [6, 6.07) is 0. The summed E-state index contributed by atoms with van der Waals surface area (Å²) in [5.41, 5.74) is 0. The quantitative estimate of drug-likeness (QED) is 0.591. The van der Waals surface area contributed by atoms with Crippen molar-refractivity contribution in [3.8, 4) is 0 Å². The van der Waals surface area contributed by atoms with Gasteiger partial charge < -0.3 is 0 Å². The van der Waals surface area contributed by atoms with Crippen LogP contribution in [0.1, 0.15) is 46.0 Å². The lowest BCUT2D eigenvalue weighted by Crippen LogP contribution is -2.02. The Morgan fingerprint density at radius 2 is 1.73 bits per heavy atom. The maximum Gasteiger partial charge on any atom is 0.00172 e. The lowest BCUT2D eigenvalue weighted by molar-refractivity contribution is 0.624. The molecule has 0 heterocycles. The normalized spacial score (nSPS) is 16.4. The minimum atomic E-state index is 0.534. The largest absolute Gasteiger partial charge is 0.176 e. The average Bonchev–Trinajstić information content (AvgIpc) is 1.97. The fraction of sp³-hybridized carbons (Fsp3) is 1.00. The van der Waals surface area contributed by atoms with Crippen molar-refractivity contribution in [2.24, 2.45) is 0 Å². The van der Waals surface area contributed by atoms with Gasteiger partial charge in [-0.1, -0.05) is 26.7 Å². The van der Waals surface area contributed by atoms with Crippen molar-refractivity contribution in [1.29, 1.82) is 0 Å². The first kappa shape index (κ1) is 11.7. The molecule has 0 nitrogen and oxygen atoms in total. The molecule has 11 heavy (non-hydrogen) atoms. The van der Waals surface area contributed by atoms with E-state index in [0.717, 1.165) is 0 Å². The fourth-order valence-corrected chi connectivity index (χ4v) is 1.50. The van der Waals surface area contributed by atoms with Gasteiger partial charge >= 0.3 is 0 Å². The van der Waals surface area contributed by atoms with Gasteiger partial charge in [0.25, 0.3) is 0 Å². The zero-order chi connectivity index (χ0) is 8.69. The summed E-state index contributed by atoms with van der Waals surface area (Å²) < 4.78 is 0. The molecule has 0 bridgehead atoms. The number of unbranched alkanes of at least 4 members (excludes halogenated alkanes) is 1. The molecule has 0 aliphatic heterocycles. The monoisotopic (exact) mass is 192 g/mol. The van der Waals surface area contributed by atoms with E-state index in [2.05, 4.69) is 39.1 Å². The minimum absolute atomic E-state index is 0.534. The standard InChI is InChI=1S/C9H20S2/c1-3-4-5-9(11)7-6-8(2)10/h8-11H,3-7H2,1-2H3. The molecule has 0 saturated carbocycles. The molecule has 0 saturated heterocycles. The first-order valence-corrected chi connectivity index (χ1v) is 5.56. The molecule has 0 aliphatic rings. The second-order valence-electron chi connectivity index (χ2n) is 3.22. The molecule has 0 aromatic rings. The minimum Gasteiger partial charge on any atom is -0.176 e. The van der Waals surface area contributed by atoms with E-state index in [1.165, 1.54) is 32.1 Å². The third-order valence-electron chi connectivity index (χ3n) is 1.81. The van der Waals surface area contributed by atoms with Crippen LogP contribution >= 0.6 is 25.3 Å². The van der Waals surface area contributed by atoms with Gasteiger partial charge in [-0.3, -0.25) is 0 Å². The third-order valence-corrected chi connectivity index (χ3v) is 2.58. The molecule has 0 aliphatic carbocycles. The highest BCUT2D eigenvalue weighted by Crippen LogP contribution is 2.15. The Hall–Kier alpha value is 0.700. The van der Waals surface area contributed by atoms with Crippen LogP contribution in [0.4, 0.5) is 0 Å². The van der Waals surface area contributed by atoms with Crippen molar-refractivity contribution in [2.75, 3.05) is 0 Å². The topological polar surface area (TPSA) is 0 Å². The Morgan fingerprint density at radius 3 is 2.18 bits per heavy atom. The molecule has 0 radical (unpaired) electrons. The van der Waals surface area contributed by atoms with Crippen molar-refractivity contribution in [3.63, 3.8) is 0 Å². The molecule has 0 fully saturated rings. The fourth-order valence-electron chi connectivity index (χ4n) is 1.02. The third kappa shape index (κ3) is 8.61. The summed E-state index contributed by atoms with van der Waals surface area (Å²) >= 11 is 8.83. The van der Waals surface area contributed by atoms with Crippen molar-refractivity contribution in [3.05, 3.63) is 0 Å². The van der Waals surface area contributed by atoms with Gasteiger partial charge in [-0.25, -0.2) is 0 Å². The molecule has 0 rings (SSSR count). The Balaban J connectivity index is 3.15. The molecule has 2 unspecified atom stereocenters. The van der Waals surface area contributed by atoms with E-state index < -0.39 is 0 Å². The number of rotatable bonds is 6. The van der Waals surface area contributed by atoms with Crippen LogP contribution in [-0.4, -0.2) is 10.5 Å². The predicted octanol–water partition coefficient (Wildman–Crippen LogP) is 3.57. The lowest BCUT2D eigenvalue weighted by atomic mass is 10.1. The van der Waals surface area contributed by atoms with Gasteiger partial charge in [-0.15, -0.1) is 0 Å². The Bertz CT molecular complexity index is 81.6. The van der Waals surface area contributed by atoms with Crippen LogP contribution in [0.2, 0.25) is 0 Å². The Morgan fingerprint density at radius 1 is 1.09 bits per heavy atom. The van der Waals surface area contributed by atoms with E-state index in [1.54, 1.807) is 0 Å². The van der Waals surface area contributed by atoms with Gasteiger partial charge in [0.2, 0.25) is 0 Å². The van der Waals surface area contributed by atoms with Gasteiger partial charge in [-0.05, 0) is 24.5 Å². The summed E-state index contributed by atoms with van der Waals surface area (Å²) in [4.78, 5) is 0.